The van der Waals surface area contributed by atoms with E-state index in [-0.39, 0.29) is 0 Å². The maximum Gasteiger partial charge on any atom is 0.238 e. The van der Waals surface area contributed by atoms with E-state index < -0.39 is 0 Å². The molecule has 0 aliphatic heterocycles. The van der Waals surface area contributed by atoms with Crippen molar-refractivity contribution in [1.29, 1.82) is 5.26 Å². The van der Waals surface area contributed by atoms with Crippen molar-refractivity contribution in [3.8, 4) is 11.9 Å². The Morgan fingerprint density at radius 1 is 1.44 bits per heavy atom. The van der Waals surface area contributed by atoms with E-state index in [2.05, 4.69) is 11.9 Å². The Labute approximate surface area is 96.1 Å². The van der Waals surface area contributed by atoms with Crippen LogP contribution in [-0.4, -0.2) is 11.6 Å². The van der Waals surface area contributed by atoms with Crippen LogP contribution in [0, 0.1) is 11.3 Å². The second-order valence-electron chi connectivity index (χ2n) is 3.60. The summed E-state index contributed by atoms with van der Waals surface area (Å²) >= 11 is 0. The molecule has 0 radical (unpaired) electrons. The average molecular weight is 219 g/mol. The van der Waals surface area contributed by atoms with E-state index in [1.54, 1.807) is 6.07 Å². The Hall–Kier alpha value is -1.76. The number of aromatic nitrogens is 1. The quantitative estimate of drug-likeness (QED) is 0.746. The minimum Gasteiger partial charge on any atom is -0.476 e. The first-order chi connectivity index (χ1) is 7.79. The highest BCUT2D eigenvalue weighted by Crippen LogP contribution is 2.21. The van der Waals surface area contributed by atoms with Gasteiger partial charge in [-0.3, -0.25) is 0 Å². The molecule has 4 heteroatoms. The monoisotopic (exact) mass is 219 g/mol. The minimum atomic E-state index is 0.334. The Morgan fingerprint density at radius 3 is 2.94 bits per heavy atom. The number of nitrogens with two attached hydrogens (primary N) is 1. The predicted molar refractivity (Wildman–Crippen MR) is 63.0 cm³/mol. The fraction of sp³-hybridized carbons (Fsp3) is 0.500. The molecule has 0 aromatic carbocycles. The summed E-state index contributed by atoms with van der Waals surface area (Å²) in [7, 11) is 0. The van der Waals surface area contributed by atoms with Crippen molar-refractivity contribution in [2.75, 3.05) is 12.3 Å². The Balaban J connectivity index is 2.45. The van der Waals surface area contributed by atoms with Crippen LogP contribution in [-0.2, 0) is 0 Å². The van der Waals surface area contributed by atoms with Crippen molar-refractivity contribution < 1.29 is 4.74 Å². The number of nitrogens with zero attached hydrogens (tertiary/aromatic N) is 2. The summed E-state index contributed by atoms with van der Waals surface area (Å²) in [6.45, 7) is 2.77. The van der Waals surface area contributed by atoms with Crippen molar-refractivity contribution in [1.82, 2.24) is 4.98 Å². The van der Waals surface area contributed by atoms with Crippen LogP contribution in [0.5, 0.6) is 5.88 Å². The lowest BCUT2D eigenvalue weighted by Crippen LogP contribution is -2.03. The number of nitriles is 1. The summed E-state index contributed by atoms with van der Waals surface area (Å²) in [4.78, 5) is 4.01. The molecule has 0 unspecified atom stereocenters. The van der Waals surface area contributed by atoms with Crippen molar-refractivity contribution in [3.05, 3.63) is 17.8 Å². The van der Waals surface area contributed by atoms with Crippen LogP contribution in [0.25, 0.3) is 0 Å². The molecule has 0 saturated heterocycles. The number of unbranched alkanes of at least 4 members (excludes halogenated alkanes) is 3. The van der Waals surface area contributed by atoms with E-state index in [9.17, 15) is 0 Å². The third kappa shape index (κ3) is 3.43. The Bertz CT molecular complexity index is 371. The van der Waals surface area contributed by atoms with Crippen LogP contribution in [0.3, 0.4) is 0 Å². The number of ether oxygens (including phenoxy) is 1. The van der Waals surface area contributed by atoms with Gasteiger partial charge in [0.25, 0.3) is 0 Å². The number of pyridine rings is 1. The van der Waals surface area contributed by atoms with Crippen LogP contribution in [0.4, 0.5) is 5.69 Å². The van der Waals surface area contributed by atoms with Gasteiger partial charge in [0.05, 0.1) is 12.2 Å². The van der Waals surface area contributed by atoms with E-state index >= 15 is 0 Å². The highest BCUT2D eigenvalue weighted by molar-refractivity contribution is 5.59. The molecule has 1 rings (SSSR count). The van der Waals surface area contributed by atoms with E-state index in [0.29, 0.717) is 23.7 Å². The molecule has 1 heterocycles. The number of hydrogen-bond acceptors (Lipinski definition) is 4. The third-order valence-corrected chi connectivity index (χ3v) is 2.31. The summed E-state index contributed by atoms with van der Waals surface area (Å²) in [5, 5.41) is 8.77. The second kappa shape index (κ2) is 6.67. The van der Waals surface area contributed by atoms with Crippen molar-refractivity contribution in [2.24, 2.45) is 0 Å². The van der Waals surface area contributed by atoms with Crippen LogP contribution in [0.15, 0.2) is 12.3 Å². The normalized spacial score (nSPS) is 9.75. The van der Waals surface area contributed by atoms with Crippen molar-refractivity contribution in [2.45, 2.75) is 32.6 Å². The fourth-order valence-electron chi connectivity index (χ4n) is 1.36. The first-order valence-corrected chi connectivity index (χ1v) is 5.57. The van der Waals surface area contributed by atoms with Gasteiger partial charge >= 0.3 is 0 Å². The van der Waals surface area contributed by atoms with Gasteiger partial charge in [-0.2, -0.15) is 5.26 Å². The van der Waals surface area contributed by atoms with E-state index in [1.165, 1.54) is 19.0 Å². The van der Waals surface area contributed by atoms with Gasteiger partial charge in [-0.25, -0.2) is 4.98 Å². The molecule has 16 heavy (non-hydrogen) atoms. The van der Waals surface area contributed by atoms with Gasteiger partial charge in [-0.1, -0.05) is 26.2 Å². The Kier molecular flexibility index (Phi) is 5.13. The molecule has 2 N–H and O–H groups in total. The SMILES string of the molecule is CCCCCCOc1nccc(C#N)c1N. The number of nitrogen functional groups attached to an aromatic ring is 1. The zero-order valence-corrected chi connectivity index (χ0v) is 9.57. The lowest BCUT2D eigenvalue weighted by molar-refractivity contribution is 0.295. The largest absolute Gasteiger partial charge is 0.476 e. The summed E-state index contributed by atoms with van der Waals surface area (Å²) in [5.74, 6) is 0.371. The molecular formula is C12H17N3O. The topological polar surface area (TPSA) is 71.9 Å². The molecule has 0 spiro atoms. The second-order valence-corrected chi connectivity index (χ2v) is 3.60. The smallest absolute Gasteiger partial charge is 0.238 e. The molecule has 0 bridgehead atoms. The molecule has 4 nitrogen and oxygen atoms in total. The zero-order valence-electron chi connectivity index (χ0n) is 9.57. The molecule has 0 fully saturated rings. The van der Waals surface area contributed by atoms with E-state index in [1.807, 2.05) is 6.07 Å². The fourth-order valence-corrected chi connectivity index (χ4v) is 1.36. The number of rotatable bonds is 6. The van der Waals surface area contributed by atoms with Gasteiger partial charge in [0.15, 0.2) is 0 Å². The third-order valence-electron chi connectivity index (χ3n) is 2.31. The molecule has 1 aromatic rings. The van der Waals surface area contributed by atoms with Gasteiger partial charge in [0, 0.05) is 6.20 Å². The lowest BCUT2D eigenvalue weighted by atomic mass is 10.2. The highest BCUT2D eigenvalue weighted by atomic mass is 16.5. The van der Waals surface area contributed by atoms with Gasteiger partial charge in [0.1, 0.15) is 11.8 Å². The predicted octanol–water partition coefficient (Wildman–Crippen LogP) is 2.49. The van der Waals surface area contributed by atoms with E-state index in [0.717, 1.165) is 12.8 Å². The number of hydrogen-bond donors (Lipinski definition) is 1. The highest BCUT2D eigenvalue weighted by Gasteiger charge is 2.06. The molecule has 0 amide bonds. The molecule has 0 aliphatic rings. The molecule has 0 atom stereocenters. The van der Waals surface area contributed by atoms with Crippen LogP contribution < -0.4 is 10.5 Å². The molecule has 86 valence electrons. The molecular weight excluding hydrogens is 202 g/mol. The first-order valence-electron chi connectivity index (χ1n) is 5.57. The summed E-state index contributed by atoms with van der Waals surface area (Å²) < 4.78 is 5.44. The summed E-state index contributed by atoms with van der Waals surface area (Å²) in [6.07, 6.45) is 6.09. The molecule has 0 saturated carbocycles. The Morgan fingerprint density at radius 2 is 2.25 bits per heavy atom. The van der Waals surface area contributed by atoms with Crippen molar-refractivity contribution >= 4 is 5.69 Å². The molecule has 1 aromatic heterocycles. The summed E-state index contributed by atoms with van der Waals surface area (Å²) in [6, 6.07) is 3.58. The van der Waals surface area contributed by atoms with Gasteiger partial charge in [0.2, 0.25) is 5.88 Å². The van der Waals surface area contributed by atoms with Crippen LogP contribution >= 0.6 is 0 Å². The first kappa shape index (κ1) is 12.3. The van der Waals surface area contributed by atoms with Crippen LogP contribution in [0.2, 0.25) is 0 Å². The van der Waals surface area contributed by atoms with Crippen LogP contribution in [0.1, 0.15) is 38.2 Å². The maximum atomic E-state index is 8.77. The summed E-state index contributed by atoms with van der Waals surface area (Å²) in [5.41, 5.74) is 6.47. The lowest BCUT2D eigenvalue weighted by Gasteiger charge is -2.07. The maximum absolute atomic E-state index is 8.77. The zero-order chi connectivity index (χ0) is 11.8. The van der Waals surface area contributed by atoms with Gasteiger partial charge in [-0.15, -0.1) is 0 Å². The number of anilines is 1. The van der Waals surface area contributed by atoms with Gasteiger partial charge < -0.3 is 10.5 Å². The van der Waals surface area contributed by atoms with Crippen molar-refractivity contribution in [3.63, 3.8) is 0 Å². The standard InChI is InChI=1S/C12H17N3O/c1-2-3-4-5-8-16-12-11(14)10(9-13)6-7-15-12/h6-7H,2-5,8,14H2,1H3. The molecule has 0 aliphatic carbocycles. The minimum absolute atomic E-state index is 0.334. The van der Waals surface area contributed by atoms with E-state index in [4.69, 9.17) is 15.7 Å². The van der Waals surface area contributed by atoms with Gasteiger partial charge in [-0.05, 0) is 12.5 Å². The average Bonchev–Trinajstić information content (AvgIpc) is 2.31.